The van der Waals surface area contributed by atoms with Crippen molar-refractivity contribution in [3.63, 3.8) is 0 Å². The molecule has 0 heterocycles. The minimum absolute atomic E-state index is 0.00995. The number of Topliss-reactive ketones (excluding diaryl/α,β-unsaturated/α-hetero) is 1. The number of hydrogen-bond acceptors (Lipinski definition) is 8. The predicted octanol–water partition coefficient (Wildman–Crippen LogP) is 8.23. The highest BCUT2D eigenvalue weighted by molar-refractivity contribution is 5.84. The topological polar surface area (TPSA) is 128 Å². The van der Waals surface area contributed by atoms with Crippen molar-refractivity contribution in [3.05, 3.63) is 120 Å². The summed E-state index contributed by atoms with van der Waals surface area (Å²) in [6.45, 7) is 2.61. The van der Waals surface area contributed by atoms with Crippen LogP contribution in [0.3, 0.4) is 0 Å². The first kappa shape index (κ1) is 37.5. The van der Waals surface area contributed by atoms with Crippen molar-refractivity contribution in [2.45, 2.75) is 77.1 Å². The molecule has 51 heavy (non-hydrogen) atoms. The van der Waals surface area contributed by atoms with Crippen LogP contribution in [0.1, 0.15) is 62.1 Å². The number of aliphatic hydroxyl groups excluding tert-OH is 3. The molecule has 270 valence electrons. The molecule has 8 heteroatoms. The van der Waals surface area contributed by atoms with E-state index in [1.165, 1.54) is 5.56 Å². The summed E-state index contributed by atoms with van der Waals surface area (Å²) in [5.74, 6) is 1.77. The van der Waals surface area contributed by atoms with Gasteiger partial charge in [0.1, 0.15) is 23.9 Å². The number of hydrogen-bond donors (Lipinski definition) is 5. The summed E-state index contributed by atoms with van der Waals surface area (Å²) in [6.07, 6.45) is 9.57. The minimum atomic E-state index is -0.793. The number of carbonyl (C=O) groups excluding carboxylic acids is 1. The van der Waals surface area contributed by atoms with E-state index in [-0.39, 0.29) is 35.5 Å². The zero-order chi connectivity index (χ0) is 36.2. The van der Waals surface area contributed by atoms with E-state index in [1.54, 1.807) is 32.2 Å². The second-order valence-corrected chi connectivity index (χ2v) is 13.7. The highest BCUT2D eigenvalue weighted by Gasteiger charge is 2.25. The van der Waals surface area contributed by atoms with Gasteiger partial charge in [-0.2, -0.15) is 0 Å². The van der Waals surface area contributed by atoms with Gasteiger partial charge in [0.15, 0.2) is 11.5 Å². The van der Waals surface area contributed by atoms with Gasteiger partial charge in [-0.25, -0.2) is 0 Å². The molecule has 0 unspecified atom stereocenters. The van der Waals surface area contributed by atoms with E-state index in [4.69, 9.17) is 9.47 Å². The van der Waals surface area contributed by atoms with Crippen LogP contribution in [0.2, 0.25) is 0 Å². The molecule has 0 saturated heterocycles. The van der Waals surface area contributed by atoms with Gasteiger partial charge in [-0.05, 0) is 133 Å². The average Bonchev–Trinajstić information content (AvgIpc) is 3.11. The Labute approximate surface area is 301 Å². The summed E-state index contributed by atoms with van der Waals surface area (Å²) in [5.41, 5.74) is 4.17. The van der Waals surface area contributed by atoms with Gasteiger partial charge in [0, 0.05) is 25.1 Å². The molecule has 5 rings (SSSR count). The first-order valence-electron chi connectivity index (χ1n) is 18.0. The molecule has 0 aromatic heterocycles. The monoisotopic (exact) mass is 693 g/mol. The summed E-state index contributed by atoms with van der Waals surface area (Å²) < 4.78 is 11.7. The van der Waals surface area contributed by atoms with E-state index < -0.39 is 12.2 Å². The molecule has 0 spiro atoms. The third kappa shape index (κ3) is 11.6. The van der Waals surface area contributed by atoms with Gasteiger partial charge in [0.25, 0.3) is 0 Å². The van der Waals surface area contributed by atoms with Crippen LogP contribution in [0, 0.1) is 11.8 Å². The molecule has 8 nitrogen and oxygen atoms in total. The number of allylic oxidation sites excluding steroid dienone is 3. The number of aryl methyl sites for hydroxylation is 2. The third-order valence-electron chi connectivity index (χ3n) is 9.44. The number of fused-ring (bicyclic) bond motifs is 1. The summed E-state index contributed by atoms with van der Waals surface area (Å²) in [5, 5.41) is 45.7. The third-order valence-corrected chi connectivity index (χ3v) is 9.44. The van der Waals surface area contributed by atoms with Crippen LogP contribution >= 0.6 is 0 Å². The van der Waals surface area contributed by atoms with Crippen molar-refractivity contribution >= 4 is 22.2 Å². The minimum Gasteiger partial charge on any atom is -0.508 e. The molecule has 4 atom stereocenters. The fourth-order valence-electron chi connectivity index (χ4n) is 6.70. The van der Waals surface area contributed by atoms with Crippen LogP contribution in [0.25, 0.3) is 10.8 Å². The zero-order valence-electron chi connectivity index (χ0n) is 29.6. The molecule has 4 aromatic carbocycles. The number of nitrogens with one attached hydrogen (secondary N) is 1. The number of phenols is 1. The van der Waals surface area contributed by atoms with E-state index >= 15 is 0 Å². The molecule has 0 radical (unpaired) electrons. The summed E-state index contributed by atoms with van der Waals surface area (Å²) in [4.78, 5) is 13.0. The van der Waals surface area contributed by atoms with Gasteiger partial charge in [-0.3, -0.25) is 4.79 Å². The number of anilines is 1. The molecular weight excluding hydrogens is 642 g/mol. The van der Waals surface area contributed by atoms with Crippen LogP contribution in [-0.4, -0.2) is 52.1 Å². The Morgan fingerprint density at radius 2 is 1.63 bits per heavy atom. The maximum Gasteiger partial charge on any atom is 0.161 e. The molecule has 4 aromatic rings. The number of carbonyl (C=O) groups is 1. The molecule has 1 aliphatic carbocycles. The second-order valence-electron chi connectivity index (χ2n) is 13.7. The van der Waals surface area contributed by atoms with Crippen LogP contribution < -0.4 is 14.8 Å². The molecule has 5 N–H and O–H groups in total. The Bertz CT molecular complexity index is 1810. The number of aromatic hydroxyl groups is 1. The van der Waals surface area contributed by atoms with Crippen LogP contribution in [0.4, 0.5) is 5.69 Å². The molecule has 1 aliphatic rings. The lowest BCUT2D eigenvalue weighted by molar-refractivity contribution is -0.121. The molecule has 0 aliphatic heterocycles. The Kier molecular flexibility index (Phi) is 13.6. The zero-order valence-corrected chi connectivity index (χ0v) is 29.6. The first-order valence-corrected chi connectivity index (χ1v) is 18.0. The molecule has 0 saturated carbocycles. The van der Waals surface area contributed by atoms with Gasteiger partial charge in [0.05, 0.1) is 19.3 Å². The quantitative estimate of drug-likeness (QED) is 0.0622. The fourth-order valence-corrected chi connectivity index (χ4v) is 6.70. The van der Waals surface area contributed by atoms with Crippen molar-refractivity contribution in [2.24, 2.45) is 11.8 Å². The van der Waals surface area contributed by atoms with Crippen molar-refractivity contribution in [2.75, 3.05) is 19.0 Å². The number of phenolic OH excluding ortho intramolecular Hbond substituents is 1. The predicted molar refractivity (Wildman–Crippen MR) is 203 cm³/mol. The van der Waals surface area contributed by atoms with Crippen LogP contribution in [0.5, 0.6) is 17.2 Å². The molecule has 0 fully saturated rings. The van der Waals surface area contributed by atoms with Crippen LogP contribution in [0.15, 0.2) is 103 Å². The smallest absolute Gasteiger partial charge is 0.161 e. The van der Waals surface area contributed by atoms with Gasteiger partial charge < -0.3 is 35.2 Å². The maximum absolute atomic E-state index is 13.0. The highest BCUT2D eigenvalue weighted by Crippen LogP contribution is 2.32. The van der Waals surface area contributed by atoms with Gasteiger partial charge in [-0.1, -0.05) is 48.9 Å². The van der Waals surface area contributed by atoms with E-state index in [0.29, 0.717) is 43.9 Å². The van der Waals surface area contributed by atoms with E-state index in [0.717, 1.165) is 53.3 Å². The summed E-state index contributed by atoms with van der Waals surface area (Å²) in [6, 6.07) is 25.2. The Hall–Kier alpha value is -4.79. The lowest BCUT2D eigenvalue weighted by Crippen LogP contribution is -2.23. The highest BCUT2D eigenvalue weighted by atomic mass is 16.5. The van der Waals surface area contributed by atoms with E-state index in [9.17, 15) is 25.2 Å². The number of rotatable bonds is 19. The number of ether oxygens (including phenoxy) is 2. The Balaban J connectivity index is 1.07. The molecular formula is C43H51NO7. The number of aliphatic hydroxyl groups is 3. The Morgan fingerprint density at radius 3 is 2.45 bits per heavy atom. The largest absolute Gasteiger partial charge is 0.508 e. The number of ketones is 1. The lowest BCUT2D eigenvalue weighted by Gasteiger charge is -2.27. The standard InChI is InChI=1S/C43H51NO7/c1-29(45)27-44-37-9-5-7-30(21-37)6-3-4-8-33-14-17-39(47)24-36(33)25-41(49)26-40(48)16-11-31-12-19-42(50-2)43(22-31)51-28-32-10-13-35-23-38(46)18-15-34(35)20-32/h5,7,9-10,12-15,17-24,29,33,36,41,44-47,49H,3-4,6,8,11,16,25-28H2,1-2H3/t29-,33+,36+,41-/m0/s1. The van der Waals surface area contributed by atoms with Crippen molar-refractivity contribution in [1.29, 1.82) is 0 Å². The van der Waals surface area contributed by atoms with E-state index in [2.05, 4.69) is 17.4 Å². The maximum atomic E-state index is 13.0. The number of methoxy groups -OCH3 is 1. The van der Waals surface area contributed by atoms with E-state index in [1.807, 2.05) is 66.7 Å². The molecule has 0 amide bonds. The average molecular weight is 694 g/mol. The Morgan fingerprint density at radius 1 is 0.843 bits per heavy atom. The summed E-state index contributed by atoms with van der Waals surface area (Å²) in [7, 11) is 1.59. The van der Waals surface area contributed by atoms with Gasteiger partial charge in [-0.15, -0.1) is 0 Å². The van der Waals surface area contributed by atoms with Crippen molar-refractivity contribution < 1.29 is 34.7 Å². The number of benzene rings is 4. The van der Waals surface area contributed by atoms with Crippen LogP contribution in [-0.2, 0) is 24.2 Å². The first-order chi connectivity index (χ1) is 24.6. The van der Waals surface area contributed by atoms with Gasteiger partial charge in [0.2, 0.25) is 0 Å². The fraction of sp³-hybridized carbons (Fsp3) is 0.372. The lowest BCUT2D eigenvalue weighted by atomic mass is 9.80. The summed E-state index contributed by atoms with van der Waals surface area (Å²) >= 11 is 0. The second kappa shape index (κ2) is 18.4. The van der Waals surface area contributed by atoms with Crippen molar-refractivity contribution in [3.8, 4) is 17.2 Å². The van der Waals surface area contributed by atoms with Crippen molar-refractivity contribution in [1.82, 2.24) is 0 Å². The SMILES string of the molecule is COc1ccc(CCC(=O)C[C@@H](O)C[C@H]2C=C(O)C=C[C@H]2CCCCc2cccc(NC[C@H](C)O)c2)cc1OCc1ccc2cc(O)ccc2c1. The molecule has 0 bridgehead atoms. The van der Waals surface area contributed by atoms with Gasteiger partial charge >= 0.3 is 0 Å². The normalized spacial score (nSPS) is 16.7. The number of unbranched alkanes of at least 4 members (excludes halogenated alkanes) is 1.